The molecule has 4 heteroatoms. The predicted molar refractivity (Wildman–Crippen MR) is 179 cm³/mol. The molecule has 0 amide bonds. The van der Waals surface area contributed by atoms with Crippen molar-refractivity contribution in [1.82, 2.24) is 18.5 Å². The highest BCUT2D eigenvalue weighted by molar-refractivity contribution is 6.31. The Morgan fingerprint density at radius 2 is 1.00 bits per heavy atom. The van der Waals surface area contributed by atoms with E-state index in [4.69, 9.17) is 4.98 Å². The summed E-state index contributed by atoms with van der Waals surface area (Å²) in [6.07, 6.45) is 4.01. The lowest BCUT2D eigenvalue weighted by Crippen LogP contribution is -1.95. The number of para-hydroxylation sites is 4. The zero-order chi connectivity index (χ0) is 28.1. The topological polar surface area (TPSA) is 27.2 Å². The standard InChI is InChI=1S/C39H24N4/c1-3-11-25(12-4-1)42-33-18-10-8-16-28(33)38-34(42)20-19-29-37(38)31-24-36-30(23-35(31)41-22-21-40-39(29)41)27-15-7-9-17-32(27)43(36)26-13-5-2-6-14-26/h1-24H. The van der Waals surface area contributed by atoms with Gasteiger partial charge in [-0.05, 0) is 60.7 Å². The molecule has 0 aliphatic rings. The number of hydrogen-bond acceptors (Lipinski definition) is 1. The van der Waals surface area contributed by atoms with Gasteiger partial charge in [0.05, 0.1) is 27.6 Å². The van der Waals surface area contributed by atoms with Gasteiger partial charge < -0.3 is 9.13 Å². The van der Waals surface area contributed by atoms with Crippen LogP contribution < -0.4 is 0 Å². The number of imidazole rings is 1. The van der Waals surface area contributed by atoms with E-state index in [0.717, 1.165) is 27.9 Å². The summed E-state index contributed by atoms with van der Waals surface area (Å²) in [6.45, 7) is 0. The first-order chi connectivity index (χ1) is 21.4. The number of fused-ring (bicyclic) bond motifs is 13. The van der Waals surface area contributed by atoms with Crippen molar-refractivity contribution in [2.45, 2.75) is 0 Å². The van der Waals surface area contributed by atoms with E-state index < -0.39 is 0 Å². The lowest BCUT2D eigenvalue weighted by molar-refractivity contribution is 1.18. The molecule has 6 aromatic carbocycles. The molecular formula is C39H24N4. The Morgan fingerprint density at radius 3 is 1.74 bits per heavy atom. The molecule has 0 saturated carbocycles. The molecule has 4 heterocycles. The van der Waals surface area contributed by atoms with Crippen LogP contribution in [0.5, 0.6) is 0 Å². The van der Waals surface area contributed by atoms with Crippen molar-refractivity contribution in [1.29, 1.82) is 0 Å². The Morgan fingerprint density at radius 1 is 0.395 bits per heavy atom. The second kappa shape index (κ2) is 8.34. The third-order valence-corrected chi connectivity index (χ3v) is 9.07. The van der Waals surface area contributed by atoms with Gasteiger partial charge in [0.1, 0.15) is 5.65 Å². The smallest absolute Gasteiger partial charge is 0.145 e. The molecule has 4 aromatic heterocycles. The minimum absolute atomic E-state index is 0.979. The molecule has 0 spiro atoms. The predicted octanol–water partition coefficient (Wildman–Crippen LogP) is 9.83. The lowest BCUT2D eigenvalue weighted by Gasteiger charge is -2.13. The molecule has 0 atom stereocenters. The monoisotopic (exact) mass is 548 g/mol. The summed E-state index contributed by atoms with van der Waals surface area (Å²) in [5, 5.41) is 8.60. The van der Waals surface area contributed by atoms with Crippen molar-refractivity contribution >= 4 is 70.9 Å². The molecule has 43 heavy (non-hydrogen) atoms. The van der Waals surface area contributed by atoms with Gasteiger partial charge in [-0.15, -0.1) is 0 Å². The van der Waals surface area contributed by atoms with Crippen LogP contribution in [0.4, 0.5) is 0 Å². The van der Waals surface area contributed by atoms with Crippen LogP contribution in [0.2, 0.25) is 0 Å². The Bertz CT molecular complexity index is 2700. The van der Waals surface area contributed by atoms with E-state index >= 15 is 0 Å². The van der Waals surface area contributed by atoms with Crippen molar-refractivity contribution in [2.24, 2.45) is 0 Å². The highest BCUT2D eigenvalue weighted by atomic mass is 15.0. The molecule has 0 aliphatic heterocycles. The quantitative estimate of drug-likeness (QED) is 0.198. The van der Waals surface area contributed by atoms with Crippen molar-refractivity contribution < 1.29 is 0 Å². The number of pyridine rings is 1. The fourth-order valence-corrected chi connectivity index (χ4v) is 7.34. The first-order valence-electron chi connectivity index (χ1n) is 14.7. The van der Waals surface area contributed by atoms with Gasteiger partial charge in [-0.2, -0.15) is 0 Å². The first-order valence-corrected chi connectivity index (χ1v) is 14.7. The largest absolute Gasteiger partial charge is 0.309 e. The number of hydrogen-bond donors (Lipinski definition) is 0. The van der Waals surface area contributed by atoms with E-state index in [0.29, 0.717) is 0 Å². The maximum absolute atomic E-state index is 4.89. The van der Waals surface area contributed by atoms with Crippen LogP contribution in [0.15, 0.2) is 146 Å². The minimum atomic E-state index is 0.979. The van der Waals surface area contributed by atoms with E-state index in [1.807, 2.05) is 6.20 Å². The van der Waals surface area contributed by atoms with Gasteiger partial charge in [0.25, 0.3) is 0 Å². The molecule has 0 radical (unpaired) electrons. The minimum Gasteiger partial charge on any atom is -0.309 e. The third kappa shape index (κ3) is 2.97. The van der Waals surface area contributed by atoms with Crippen LogP contribution in [0.25, 0.3) is 82.3 Å². The zero-order valence-electron chi connectivity index (χ0n) is 23.1. The van der Waals surface area contributed by atoms with Crippen LogP contribution in [-0.4, -0.2) is 18.5 Å². The van der Waals surface area contributed by atoms with Gasteiger partial charge in [-0.1, -0.05) is 72.8 Å². The van der Waals surface area contributed by atoms with E-state index in [1.165, 1.54) is 54.4 Å². The van der Waals surface area contributed by atoms with E-state index in [-0.39, 0.29) is 0 Å². The lowest BCUT2D eigenvalue weighted by atomic mass is 9.99. The summed E-state index contributed by atoms with van der Waals surface area (Å²) >= 11 is 0. The highest BCUT2D eigenvalue weighted by Crippen LogP contribution is 2.43. The SMILES string of the molecule is c1ccc(-n2c3ccccc3c3cc4c(cc32)c2c(ccc3c2c2ccccc2n3-c2ccccc2)c2nccn42)cc1. The Labute approximate surface area is 246 Å². The van der Waals surface area contributed by atoms with Crippen molar-refractivity contribution in [3.05, 3.63) is 146 Å². The summed E-state index contributed by atoms with van der Waals surface area (Å²) in [4.78, 5) is 4.89. The van der Waals surface area contributed by atoms with Crippen molar-refractivity contribution in [2.75, 3.05) is 0 Å². The maximum Gasteiger partial charge on any atom is 0.145 e. The molecule has 10 rings (SSSR count). The van der Waals surface area contributed by atoms with Crippen LogP contribution in [-0.2, 0) is 0 Å². The molecule has 0 N–H and O–H groups in total. The van der Waals surface area contributed by atoms with E-state index in [2.05, 4.69) is 153 Å². The fourth-order valence-electron chi connectivity index (χ4n) is 7.34. The fraction of sp³-hybridized carbons (Fsp3) is 0. The normalized spacial score (nSPS) is 12.2. The summed E-state index contributed by atoms with van der Waals surface area (Å²) in [7, 11) is 0. The molecule has 0 unspecified atom stereocenters. The van der Waals surface area contributed by atoms with Gasteiger partial charge in [-0.25, -0.2) is 4.98 Å². The van der Waals surface area contributed by atoms with Crippen molar-refractivity contribution in [3.63, 3.8) is 0 Å². The van der Waals surface area contributed by atoms with Gasteiger partial charge in [0, 0.05) is 61.5 Å². The number of nitrogens with zero attached hydrogens (tertiary/aromatic N) is 4. The van der Waals surface area contributed by atoms with Gasteiger partial charge in [0.2, 0.25) is 0 Å². The van der Waals surface area contributed by atoms with Crippen LogP contribution in [0.3, 0.4) is 0 Å². The Kier molecular flexibility index (Phi) is 4.42. The Hall–Kier alpha value is -5.87. The summed E-state index contributed by atoms with van der Waals surface area (Å²) in [5.74, 6) is 0. The molecule has 0 fully saturated rings. The maximum atomic E-state index is 4.89. The van der Waals surface area contributed by atoms with Crippen LogP contribution in [0.1, 0.15) is 0 Å². The molecule has 4 nitrogen and oxygen atoms in total. The molecular weight excluding hydrogens is 524 g/mol. The van der Waals surface area contributed by atoms with Gasteiger partial charge in [-0.3, -0.25) is 4.40 Å². The molecule has 200 valence electrons. The van der Waals surface area contributed by atoms with E-state index in [1.54, 1.807) is 0 Å². The number of rotatable bonds is 2. The average molecular weight is 549 g/mol. The molecule has 10 aromatic rings. The summed E-state index contributed by atoms with van der Waals surface area (Å²) in [6, 6.07) is 48.2. The van der Waals surface area contributed by atoms with Crippen LogP contribution in [0, 0.1) is 0 Å². The average Bonchev–Trinajstić information content (AvgIpc) is 3.77. The zero-order valence-corrected chi connectivity index (χ0v) is 23.1. The molecule has 0 saturated heterocycles. The summed E-state index contributed by atoms with van der Waals surface area (Å²) in [5.41, 5.74) is 9.26. The highest BCUT2D eigenvalue weighted by Gasteiger charge is 2.21. The molecule has 0 bridgehead atoms. The van der Waals surface area contributed by atoms with Crippen molar-refractivity contribution in [3.8, 4) is 11.4 Å². The molecule has 0 aliphatic carbocycles. The van der Waals surface area contributed by atoms with Gasteiger partial charge >= 0.3 is 0 Å². The second-order valence-electron chi connectivity index (χ2n) is 11.3. The van der Waals surface area contributed by atoms with Crippen LogP contribution >= 0.6 is 0 Å². The third-order valence-electron chi connectivity index (χ3n) is 9.07. The van der Waals surface area contributed by atoms with E-state index in [9.17, 15) is 0 Å². The number of aromatic nitrogens is 4. The number of benzene rings is 6. The first kappa shape index (κ1) is 22.8. The second-order valence-corrected chi connectivity index (χ2v) is 11.3. The Balaban J connectivity index is 1.48. The van der Waals surface area contributed by atoms with Gasteiger partial charge in [0.15, 0.2) is 0 Å². The summed E-state index contributed by atoms with van der Waals surface area (Å²) < 4.78 is 7.06.